The smallest absolute Gasteiger partial charge is 0.261 e. The second-order valence-corrected chi connectivity index (χ2v) is 8.17. The minimum absolute atomic E-state index is 0.0454. The van der Waals surface area contributed by atoms with Gasteiger partial charge in [-0.1, -0.05) is 31.2 Å². The fraction of sp³-hybridized carbons (Fsp3) is 0.320. The Morgan fingerprint density at radius 3 is 2.61 bits per heavy atom. The SMILES string of the molecule is CCCn1c(CN2CCCC2=O)c(C(=O)NCc2cccc(F)c2)c2cccc(F)c2c1=O. The topological polar surface area (TPSA) is 71.4 Å². The zero-order chi connectivity index (χ0) is 23.5. The maximum atomic E-state index is 14.8. The lowest BCUT2D eigenvalue weighted by Crippen LogP contribution is -2.35. The molecule has 4 rings (SSSR count). The fourth-order valence-electron chi connectivity index (χ4n) is 4.35. The predicted octanol–water partition coefficient (Wildman–Crippen LogP) is 3.74. The van der Waals surface area contributed by atoms with E-state index in [2.05, 4.69) is 5.32 Å². The highest BCUT2D eigenvalue weighted by Gasteiger charge is 2.28. The molecule has 1 aromatic heterocycles. The number of carbonyl (C=O) groups excluding carboxylic acids is 2. The first-order valence-electron chi connectivity index (χ1n) is 11.0. The third kappa shape index (κ3) is 4.51. The van der Waals surface area contributed by atoms with Gasteiger partial charge in [0.25, 0.3) is 11.5 Å². The van der Waals surface area contributed by atoms with Gasteiger partial charge in [-0.05, 0) is 36.6 Å². The van der Waals surface area contributed by atoms with Gasteiger partial charge in [0.1, 0.15) is 11.6 Å². The Morgan fingerprint density at radius 2 is 1.91 bits per heavy atom. The number of carbonyl (C=O) groups is 2. The van der Waals surface area contributed by atoms with Gasteiger partial charge in [0, 0.05) is 31.4 Å². The van der Waals surface area contributed by atoms with E-state index in [4.69, 9.17) is 0 Å². The molecule has 172 valence electrons. The third-order valence-electron chi connectivity index (χ3n) is 5.88. The number of pyridine rings is 1. The molecule has 6 nitrogen and oxygen atoms in total. The van der Waals surface area contributed by atoms with E-state index in [9.17, 15) is 23.2 Å². The number of halogens is 2. The Labute approximate surface area is 189 Å². The number of benzene rings is 2. The summed E-state index contributed by atoms with van der Waals surface area (Å²) in [5.41, 5.74) is 0.589. The van der Waals surface area contributed by atoms with Crippen molar-refractivity contribution in [1.82, 2.24) is 14.8 Å². The Kier molecular flexibility index (Phi) is 6.53. The van der Waals surface area contributed by atoms with Crippen molar-refractivity contribution in [3.8, 4) is 0 Å². The molecule has 3 aromatic rings. The Hall–Kier alpha value is -3.55. The van der Waals surface area contributed by atoms with Crippen LogP contribution in [0.1, 0.15) is 47.8 Å². The van der Waals surface area contributed by atoms with Crippen molar-refractivity contribution in [1.29, 1.82) is 0 Å². The third-order valence-corrected chi connectivity index (χ3v) is 5.88. The van der Waals surface area contributed by atoms with Gasteiger partial charge < -0.3 is 14.8 Å². The van der Waals surface area contributed by atoms with E-state index in [1.807, 2.05) is 6.92 Å². The average molecular weight is 453 g/mol. The molecule has 1 saturated heterocycles. The van der Waals surface area contributed by atoms with Crippen LogP contribution in [0.5, 0.6) is 0 Å². The second kappa shape index (κ2) is 9.52. The number of aromatic nitrogens is 1. The molecule has 8 heteroatoms. The predicted molar refractivity (Wildman–Crippen MR) is 121 cm³/mol. The van der Waals surface area contributed by atoms with E-state index in [0.29, 0.717) is 37.1 Å². The van der Waals surface area contributed by atoms with Crippen LogP contribution in [0, 0.1) is 11.6 Å². The highest BCUT2D eigenvalue weighted by atomic mass is 19.1. The van der Waals surface area contributed by atoms with Crippen LogP contribution in [0.15, 0.2) is 47.3 Å². The van der Waals surface area contributed by atoms with Gasteiger partial charge in [0.15, 0.2) is 0 Å². The largest absolute Gasteiger partial charge is 0.348 e. The number of likely N-dealkylation sites (tertiary alicyclic amines) is 1. The molecule has 0 atom stereocenters. The fourth-order valence-corrected chi connectivity index (χ4v) is 4.35. The molecule has 1 N–H and O–H groups in total. The van der Waals surface area contributed by atoms with E-state index in [1.165, 1.54) is 28.8 Å². The van der Waals surface area contributed by atoms with Crippen LogP contribution in [0.25, 0.3) is 10.8 Å². The van der Waals surface area contributed by atoms with Gasteiger partial charge in [0.05, 0.1) is 23.2 Å². The van der Waals surface area contributed by atoms with Gasteiger partial charge in [-0.3, -0.25) is 14.4 Å². The van der Waals surface area contributed by atoms with E-state index >= 15 is 0 Å². The van der Waals surface area contributed by atoms with Crippen LogP contribution in [-0.2, 0) is 24.4 Å². The summed E-state index contributed by atoms with van der Waals surface area (Å²) in [5.74, 6) is -1.68. The lowest BCUT2D eigenvalue weighted by Gasteiger charge is -2.23. The number of hydrogen-bond donors (Lipinski definition) is 1. The van der Waals surface area contributed by atoms with Crippen LogP contribution in [0.2, 0.25) is 0 Å². The van der Waals surface area contributed by atoms with Crippen LogP contribution < -0.4 is 10.9 Å². The minimum atomic E-state index is -0.703. The van der Waals surface area contributed by atoms with Crippen molar-refractivity contribution < 1.29 is 18.4 Å². The molecule has 2 heterocycles. The van der Waals surface area contributed by atoms with Crippen molar-refractivity contribution in [2.24, 2.45) is 0 Å². The van der Waals surface area contributed by atoms with E-state index in [1.54, 1.807) is 23.1 Å². The summed E-state index contributed by atoms with van der Waals surface area (Å²) in [6, 6.07) is 10.1. The van der Waals surface area contributed by atoms with Crippen LogP contribution >= 0.6 is 0 Å². The quantitative estimate of drug-likeness (QED) is 0.593. The monoisotopic (exact) mass is 453 g/mol. The van der Waals surface area contributed by atoms with Crippen molar-refractivity contribution >= 4 is 22.6 Å². The van der Waals surface area contributed by atoms with Gasteiger partial charge in [-0.15, -0.1) is 0 Å². The molecule has 1 aliphatic heterocycles. The number of amides is 2. The molecule has 0 radical (unpaired) electrons. The van der Waals surface area contributed by atoms with Gasteiger partial charge >= 0.3 is 0 Å². The first kappa shape index (κ1) is 22.6. The lowest BCUT2D eigenvalue weighted by atomic mass is 10.0. The summed E-state index contributed by atoms with van der Waals surface area (Å²) in [6.07, 6.45) is 1.71. The molecule has 0 bridgehead atoms. The highest BCUT2D eigenvalue weighted by molar-refractivity contribution is 6.08. The molecule has 1 aliphatic rings. The summed E-state index contributed by atoms with van der Waals surface area (Å²) in [4.78, 5) is 40.6. The number of fused-ring (bicyclic) bond motifs is 1. The van der Waals surface area contributed by atoms with Gasteiger partial charge in [-0.25, -0.2) is 8.78 Å². The summed E-state index contributed by atoms with van der Waals surface area (Å²) in [6.45, 7) is 2.84. The number of rotatable bonds is 7. The van der Waals surface area contributed by atoms with E-state index in [-0.39, 0.29) is 41.9 Å². The molecule has 2 aromatic carbocycles. The maximum absolute atomic E-state index is 14.8. The second-order valence-electron chi connectivity index (χ2n) is 8.17. The van der Waals surface area contributed by atoms with Crippen LogP contribution in [0.4, 0.5) is 8.78 Å². The molecule has 0 unspecified atom stereocenters. The van der Waals surface area contributed by atoms with Crippen molar-refractivity contribution in [2.75, 3.05) is 6.54 Å². The van der Waals surface area contributed by atoms with E-state index < -0.39 is 23.1 Å². The Balaban J connectivity index is 1.85. The standard InChI is InChI=1S/C25H25F2N3O3/c1-2-11-30-20(15-29-12-5-10-21(29)31)23(18-8-4-9-19(27)22(18)25(30)33)24(32)28-14-16-6-3-7-17(26)13-16/h3-4,6-9,13H,2,5,10-12,14-15H2,1H3,(H,28,32). The normalized spacial score (nSPS) is 13.7. The van der Waals surface area contributed by atoms with Gasteiger partial charge in [0.2, 0.25) is 5.91 Å². The molecule has 0 saturated carbocycles. The van der Waals surface area contributed by atoms with Crippen molar-refractivity contribution in [3.05, 3.63) is 81.3 Å². The molecule has 0 aliphatic carbocycles. The lowest BCUT2D eigenvalue weighted by molar-refractivity contribution is -0.128. The molecule has 33 heavy (non-hydrogen) atoms. The molecule has 2 amide bonds. The zero-order valence-electron chi connectivity index (χ0n) is 18.4. The molecular formula is C25H25F2N3O3. The number of nitrogens with zero attached hydrogens (tertiary/aromatic N) is 2. The summed E-state index contributed by atoms with van der Waals surface area (Å²) >= 11 is 0. The summed E-state index contributed by atoms with van der Waals surface area (Å²) in [5, 5.41) is 2.82. The van der Waals surface area contributed by atoms with Crippen molar-refractivity contribution in [2.45, 2.75) is 45.8 Å². The minimum Gasteiger partial charge on any atom is -0.348 e. The van der Waals surface area contributed by atoms with Crippen LogP contribution in [0.3, 0.4) is 0 Å². The van der Waals surface area contributed by atoms with Gasteiger partial charge in [-0.2, -0.15) is 0 Å². The maximum Gasteiger partial charge on any atom is 0.261 e. The first-order valence-corrected chi connectivity index (χ1v) is 11.0. The average Bonchev–Trinajstić information content (AvgIpc) is 3.19. The Morgan fingerprint density at radius 1 is 1.12 bits per heavy atom. The van der Waals surface area contributed by atoms with E-state index in [0.717, 1.165) is 0 Å². The first-order chi connectivity index (χ1) is 15.9. The highest BCUT2D eigenvalue weighted by Crippen LogP contribution is 2.25. The molecule has 0 spiro atoms. The zero-order valence-corrected chi connectivity index (χ0v) is 18.4. The Bertz CT molecular complexity index is 1290. The van der Waals surface area contributed by atoms with Crippen molar-refractivity contribution in [3.63, 3.8) is 0 Å². The van der Waals surface area contributed by atoms with Crippen LogP contribution in [-0.4, -0.2) is 27.8 Å². The number of hydrogen-bond acceptors (Lipinski definition) is 3. The number of nitrogens with one attached hydrogen (secondary N) is 1. The summed E-state index contributed by atoms with van der Waals surface area (Å²) in [7, 11) is 0. The molecular weight excluding hydrogens is 428 g/mol. The molecule has 1 fully saturated rings. The summed E-state index contributed by atoms with van der Waals surface area (Å²) < 4.78 is 29.7.